The number of hydrogen-bond donors (Lipinski definition) is 2. The van der Waals surface area contributed by atoms with Gasteiger partial charge in [0.15, 0.2) is 0 Å². The van der Waals surface area contributed by atoms with Crippen LogP contribution in [0.2, 0.25) is 0 Å². The Hall–Kier alpha value is -0.610. The average molecular weight is 214 g/mol. The predicted molar refractivity (Wildman–Crippen MR) is 59.6 cm³/mol. The molecule has 0 saturated carbocycles. The Balaban J connectivity index is 2.62. The number of amides is 1. The lowest BCUT2D eigenvalue weighted by atomic mass is 9.99. The van der Waals surface area contributed by atoms with Gasteiger partial charge in [-0.2, -0.15) is 0 Å². The maximum absolute atomic E-state index is 12.0. The highest BCUT2D eigenvalue weighted by Gasteiger charge is 2.38. The Morgan fingerprint density at radius 2 is 2.27 bits per heavy atom. The smallest absolute Gasteiger partial charge is 0.240 e. The number of aliphatic hydroxyl groups excluding tert-OH is 1. The number of nitrogens with one attached hydrogen (secondary N) is 1. The molecular weight excluding hydrogens is 192 g/mol. The Morgan fingerprint density at radius 3 is 2.80 bits per heavy atom. The number of carbonyl (C=O) groups excluding carboxylic acids is 1. The SMILES string of the molecule is CCNC1CCN(C(C)(C)CCO)C1=O. The van der Waals surface area contributed by atoms with E-state index >= 15 is 0 Å². The minimum absolute atomic E-state index is 0.0204. The number of hydrogen-bond acceptors (Lipinski definition) is 3. The highest BCUT2D eigenvalue weighted by Crippen LogP contribution is 2.25. The molecule has 2 N–H and O–H groups in total. The maximum atomic E-state index is 12.0. The molecule has 1 aliphatic heterocycles. The zero-order chi connectivity index (χ0) is 11.5. The van der Waals surface area contributed by atoms with Crippen LogP contribution in [-0.2, 0) is 4.79 Å². The van der Waals surface area contributed by atoms with Crippen molar-refractivity contribution < 1.29 is 9.90 Å². The minimum atomic E-state index is -0.226. The zero-order valence-corrected chi connectivity index (χ0v) is 9.92. The summed E-state index contributed by atoms with van der Waals surface area (Å²) < 4.78 is 0. The molecule has 1 fully saturated rings. The van der Waals surface area contributed by atoms with Crippen molar-refractivity contribution in [2.45, 2.75) is 45.2 Å². The van der Waals surface area contributed by atoms with E-state index in [4.69, 9.17) is 5.11 Å². The molecule has 0 aromatic carbocycles. The second kappa shape index (κ2) is 4.94. The first kappa shape index (κ1) is 12.5. The van der Waals surface area contributed by atoms with Crippen LogP contribution in [0.4, 0.5) is 0 Å². The zero-order valence-electron chi connectivity index (χ0n) is 9.92. The predicted octanol–water partition coefficient (Wildman–Crippen LogP) is 0.358. The lowest BCUT2D eigenvalue weighted by Gasteiger charge is -2.35. The van der Waals surface area contributed by atoms with Gasteiger partial charge < -0.3 is 15.3 Å². The van der Waals surface area contributed by atoms with E-state index < -0.39 is 0 Å². The Kier molecular flexibility index (Phi) is 4.11. The summed E-state index contributed by atoms with van der Waals surface area (Å²) in [6, 6.07) is -0.0204. The van der Waals surface area contributed by atoms with Crippen LogP contribution in [-0.4, -0.2) is 47.2 Å². The van der Waals surface area contributed by atoms with Crippen molar-refractivity contribution >= 4 is 5.91 Å². The molecule has 4 nitrogen and oxygen atoms in total. The van der Waals surface area contributed by atoms with Crippen molar-refractivity contribution in [3.05, 3.63) is 0 Å². The largest absolute Gasteiger partial charge is 0.396 e. The Labute approximate surface area is 91.6 Å². The first-order chi connectivity index (χ1) is 7.03. The highest BCUT2D eigenvalue weighted by molar-refractivity contribution is 5.84. The molecular formula is C11H22N2O2. The van der Waals surface area contributed by atoms with Crippen LogP contribution in [0.1, 0.15) is 33.6 Å². The van der Waals surface area contributed by atoms with Gasteiger partial charge in [0.05, 0.1) is 6.04 Å². The molecule has 0 bridgehead atoms. The Bertz CT molecular complexity index is 229. The second-order valence-electron chi connectivity index (χ2n) is 4.67. The first-order valence-corrected chi connectivity index (χ1v) is 5.68. The maximum Gasteiger partial charge on any atom is 0.240 e. The number of carbonyl (C=O) groups is 1. The number of likely N-dealkylation sites (tertiary alicyclic amines) is 1. The molecule has 1 heterocycles. The third kappa shape index (κ3) is 2.69. The van der Waals surface area contributed by atoms with Crippen LogP contribution >= 0.6 is 0 Å². The molecule has 0 aromatic heterocycles. The number of aliphatic hydroxyl groups is 1. The number of rotatable bonds is 5. The van der Waals surface area contributed by atoms with Crippen LogP contribution in [0.15, 0.2) is 0 Å². The summed E-state index contributed by atoms with van der Waals surface area (Å²) in [6.07, 6.45) is 1.51. The highest BCUT2D eigenvalue weighted by atomic mass is 16.3. The van der Waals surface area contributed by atoms with Crippen LogP contribution in [0.5, 0.6) is 0 Å². The molecule has 0 aromatic rings. The van der Waals surface area contributed by atoms with Gasteiger partial charge in [-0.1, -0.05) is 6.92 Å². The van der Waals surface area contributed by atoms with Crippen LogP contribution in [0, 0.1) is 0 Å². The summed E-state index contributed by atoms with van der Waals surface area (Å²) in [4.78, 5) is 13.9. The molecule has 1 rings (SSSR count). The van der Waals surface area contributed by atoms with E-state index in [0.29, 0.717) is 6.42 Å². The minimum Gasteiger partial charge on any atom is -0.396 e. The van der Waals surface area contributed by atoms with Crippen molar-refractivity contribution in [2.75, 3.05) is 19.7 Å². The number of nitrogens with zero attached hydrogens (tertiary/aromatic N) is 1. The van der Waals surface area contributed by atoms with Crippen molar-refractivity contribution in [3.8, 4) is 0 Å². The van der Waals surface area contributed by atoms with Crippen molar-refractivity contribution in [1.29, 1.82) is 0 Å². The molecule has 1 saturated heterocycles. The van der Waals surface area contributed by atoms with Crippen molar-refractivity contribution in [2.24, 2.45) is 0 Å². The van der Waals surface area contributed by atoms with Gasteiger partial charge in [-0.25, -0.2) is 0 Å². The van der Waals surface area contributed by atoms with E-state index in [2.05, 4.69) is 5.32 Å². The fourth-order valence-corrected chi connectivity index (χ4v) is 2.13. The molecule has 1 amide bonds. The fraction of sp³-hybridized carbons (Fsp3) is 0.909. The summed E-state index contributed by atoms with van der Waals surface area (Å²) in [5.74, 6) is 0.176. The topological polar surface area (TPSA) is 52.6 Å². The summed E-state index contributed by atoms with van der Waals surface area (Å²) in [5.41, 5.74) is -0.226. The molecule has 15 heavy (non-hydrogen) atoms. The molecule has 1 unspecified atom stereocenters. The van der Waals surface area contributed by atoms with Gasteiger partial charge in [0, 0.05) is 18.7 Å². The van der Waals surface area contributed by atoms with Crippen molar-refractivity contribution in [1.82, 2.24) is 10.2 Å². The van der Waals surface area contributed by atoms with Gasteiger partial charge in [0.1, 0.15) is 0 Å². The van der Waals surface area contributed by atoms with Gasteiger partial charge in [-0.05, 0) is 33.2 Å². The second-order valence-corrected chi connectivity index (χ2v) is 4.67. The summed E-state index contributed by atoms with van der Waals surface area (Å²) in [7, 11) is 0. The first-order valence-electron chi connectivity index (χ1n) is 5.68. The van der Waals surface area contributed by atoms with E-state index in [-0.39, 0.29) is 24.1 Å². The third-order valence-corrected chi connectivity index (χ3v) is 3.11. The van der Waals surface area contributed by atoms with E-state index in [0.717, 1.165) is 19.5 Å². The van der Waals surface area contributed by atoms with Crippen LogP contribution < -0.4 is 5.32 Å². The van der Waals surface area contributed by atoms with Crippen molar-refractivity contribution in [3.63, 3.8) is 0 Å². The van der Waals surface area contributed by atoms with Crippen LogP contribution in [0.3, 0.4) is 0 Å². The van der Waals surface area contributed by atoms with Crippen LogP contribution in [0.25, 0.3) is 0 Å². The van der Waals surface area contributed by atoms with E-state index in [1.807, 2.05) is 25.7 Å². The molecule has 0 spiro atoms. The van der Waals surface area contributed by atoms with Gasteiger partial charge in [-0.3, -0.25) is 4.79 Å². The van der Waals surface area contributed by atoms with E-state index in [9.17, 15) is 4.79 Å². The molecule has 88 valence electrons. The lowest BCUT2D eigenvalue weighted by Crippen LogP contribution is -2.48. The average Bonchev–Trinajstić information content (AvgIpc) is 2.49. The summed E-state index contributed by atoms with van der Waals surface area (Å²) >= 11 is 0. The lowest BCUT2D eigenvalue weighted by molar-refractivity contribution is -0.134. The number of likely N-dealkylation sites (N-methyl/N-ethyl adjacent to an activating group) is 1. The quantitative estimate of drug-likeness (QED) is 0.694. The summed E-state index contributed by atoms with van der Waals surface area (Å²) in [6.45, 7) is 7.77. The van der Waals surface area contributed by atoms with Gasteiger partial charge in [-0.15, -0.1) is 0 Å². The molecule has 0 aliphatic carbocycles. The standard InChI is InChI=1S/C11H22N2O2/c1-4-12-9-5-7-13(10(9)15)11(2,3)6-8-14/h9,12,14H,4-8H2,1-3H3. The molecule has 0 radical (unpaired) electrons. The molecule has 4 heteroatoms. The van der Waals surface area contributed by atoms with E-state index in [1.54, 1.807) is 0 Å². The van der Waals surface area contributed by atoms with Gasteiger partial charge in [0.25, 0.3) is 0 Å². The molecule has 1 aliphatic rings. The van der Waals surface area contributed by atoms with Gasteiger partial charge in [0.2, 0.25) is 5.91 Å². The van der Waals surface area contributed by atoms with Gasteiger partial charge >= 0.3 is 0 Å². The Morgan fingerprint density at radius 1 is 1.60 bits per heavy atom. The summed E-state index contributed by atoms with van der Waals surface area (Å²) in [5, 5.41) is 12.1. The van der Waals surface area contributed by atoms with E-state index in [1.165, 1.54) is 0 Å². The fourth-order valence-electron chi connectivity index (χ4n) is 2.13. The third-order valence-electron chi connectivity index (χ3n) is 3.11. The molecule has 1 atom stereocenters. The normalized spacial score (nSPS) is 22.5. The monoisotopic (exact) mass is 214 g/mol.